The maximum atomic E-state index is 12.9. The first-order valence-electron chi connectivity index (χ1n) is 7.15. The van der Waals surface area contributed by atoms with Crippen molar-refractivity contribution in [3.05, 3.63) is 17.7 Å². The second-order valence-electron chi connectivity index (χ2n) is 5.34. The van der Waals surface area contributed by atoms with Crippen molar-refractivity contribution in [3.8, 4) is 0 Å². The van der Waals surface area contributed by atoms with E-state index in [1.54, 1.807) is 0 Å². The van der Waals surface area contributed by atoms with Gasteiger partial charge in [-0.2, -0.15) is 13.2 Å². The number of halogens is 3. The van der Waals surface area contributed by atoms with Gasteiger partial charge in [0.25, 0.3) is 0 Å². The van der Waals surface area contributed by atoms with Gasteiger partial charge in [0.15, 0.2) is 0 Å². The summed E-state index contributed by atoms with van der Waals surface area (Å²) in [6, 6.07) is 1.97. The molecule has 1 saturated carbocycles. The van der Waals surface area contributed by atoms with Gasteiger partial charge in [-0.3, -0.25) is 0 Å². The fourth-order valence-corrected chi connectivity index (χ4v) is 1.99. The summed E-state index contributed by atoms with van der Waals surface area (Å²) in [4.78, 5) is 4.10. The predicted octanol–water partition coefficient (Wildman–Crippen LogP) is 3.11. The molecule has 0 aliphatic heterocycles. The van der Waals surface area contributed by atoms with Crippen molar-refractivity contribution in [2.24, 2.45) is 5.92 Å². The highest BCUT2D eigenvalue weighted by molar-refractivity contribution is 5.49. The second-order valence-corrected chi connectivity index (χ2v) is 5.34. The van der Waals surface area contributed by atoms with Crippen LogP contribution in [0.3, 0.4) is 0 Å². The smallest absolute Gasteiger partial charge is 0.391 e. The largest absolute Gasteiger partial charge is 0.416 e. The molecular weight excluding hydrogens is 283 g/mol. The van der Waals surface area contributed by atoms with E-state index in [9.17, 15) is 18.3 Å². The highest BCUT2D eigenvalue weighted by atomic mass is 19.4. The Morgan fingerprint density at radius 2 is 1.90 bits per heavy atom. The van der Waals surface area contributed by atoms with Gasteiger partial charge < -0.3 is 15.7 Å². The molecule has 1 heterocycles. The van der Waals surface area contributed by atoms with Crippen LogP contribution in [0, 0.1) is 5.92 Å². The molecule has 1 aromatic heterocycles. The molecule has 1 aliphatic carbocycles. The average Bonchev–Trinajstić information content (AvgIpc) is 3.26. The summed E-state index contributed by atoms with van der Waals surface area (Å²) in [7, 11) is 0. The molecule has 1 atom stereocenters. The number of nitrogens with zero attached hydrogens (tertiary/aromatic N) is 1. The van der Waals surface area contributed by atoms with Crippen molar-refractivity contribution in [1.82, 2.24) is 4.98 Å². The number of hydrogen-bond donors (Lipinski definition) is 3. The van der Waals surface area contributed by atoms with Crippen LogP contribution >= 0.6 is 0 Å². The monoisotopic (exact) mass is 303 g/mol. The zero-order valence-corrected chi connectivity index (χ0v) is 11.9. The van der Waals surface area contributed by atoms with Crippen molar-refractivity contribution < 1.29 is 18.3 Å². The number of aliphatic hydroxyl groups excluding tert-OH is 1. The topological polar surface area (TPSA) is 57.2 Å². The van der Waals surface area contributed by atoms with Crippen molar-refractivity contribution in [2.75, 3.05) is 23.7 Å². The molecule has 2 rings (SSSR count). The molecule has 0 radical (unpaired) electrons. The lowest BCUT2D eigenvalue weighted by molar-refractivity contribution is -0.137. The van der Waals surface area contributed by atoms with E-state index in [-0.39, 0.29) is 24.1 Å². The molecule has 1 fully saturated rings. The lowest BCUT2D eigenvalue weighted by Gasteiger charge is -2.15. The SMILES string of the molecule is CCCNc1cc(C(F)(F)F)cc(NCC(O)C2CC2)n1. The quantitative estimate of drug-likeness (QED) is 0.724. The summed E-state index contributed by atoms with van der Waals surface area (Å²) in [6.45, 7) is 2.69. The van der Waals surface area contributed by atoms with E-state index in [0.29, 0.717) is 6.54 Å². The van der Waals surface area contributed by atoms with E-state index in [1.807, 2.05) is 6.92 Å². The lowest BCUT2D eigenvalue weighted by atomic mass is 10.2. The minimum Gasteiger partial charge on any atom is -0.391 e. The molecule has 0 spiro atoms. The molecule has 0 amide bonds. The van der Waals surface area contributed by atoms with Crippen molar-refractivity contribution >= 4 is 11.6 Å². The van der Waals surface area contributed by atoms with Gasteiger partial charge in [0.2, 0.25) is 0 Å². The molecule has 1 aromatic rings. The molecule has 0 saturated heterocycles. The van der Waals surface area contributed by atoms with Crippen LogP contribution in [0.5, 0.6) is 0 Å². The number of aliphatic hydroxyl groups is 1. The molecule has 7 heteroatoms. The van der Waals surface area contributed by atoms with Gasteiger partial charge in [-0.05, 0) is 37.3 Å². The van der Waals surface area contributed by atoms with Gasteiger partial charge in [0, 0.05) is 13.1 Å². The highest BCUT2D eigenvalue weighted by Gasteiger charge is 2.32. The van der Waals surface area contributed by atoms with Crippen molar-refractivity contribution in [2.45, 2.75) is 38.5 Å². The first-order chi connectivity index (χ1) is 9.90. The summed E-state index contributed by atoms with van der Waals surface area (Å²) < 4.78 is 38.6. The Labute approximate surface area is 121 Å². The number of anilines is 2. The summed E-state index contributed by atoms with van der Waals surface area (Å²) in [6.07, 6.45) is -2.21. The maximum Gasteiger partial charge on any atom is 0.416 e. The average molecular weight is 303 g/mol. The van der Waals surface area contributed by atoms with Crippen LogP contribution in [0.25, 0.3) is 0 Å². The van der Waals surface area contributed by atoms with E-state index in [1.165, 1.54) is 0 Å². The zero-order valence-electron chi connectivity index (χ0n) is 11.9. The Kier molecular flexibility index (Phi) is 4.92. The third-order valence-electron chi connectivity index (χ3n) is 3.37. The predicted molar refractivity (Wildman–Crippen MR) is 75.2 cm³/mol. The first kappa shape index (κ1) is 15.9. The molecule has 21 heavy (non-hydrogen) atoms. The molecular formula is C14H20F3N3O. The molecule has 118 valence electrons. The Balaban J connectivity index is 2.09. The Bertz CT molecular complexity index is 475. The third kappa shape index (κ3) is 4.77. The standard InChI is InChI=1S/C14H20F3N3O/c1-2-5-18-12-6-10(14(15,16)17)7-13(20-12)19-8-11(21)9-3-4-9/h6-7,9,11,21H,2-5,8H2,1H3,(H2,18,19,20). The maximum absolute atomic E-state index is 12.9. The number of aromatic nitrogens is 1. The lowest BCUT2D eigenvalue weighted by Crippen LogP contribution is -2.22. The van der Waals surface area contributed by atoms with E-state index in [0.717, 1.165) is 31.4 Å². The molecule has 3 N–H and O–H groups in total. The first-order valence-corrected chi connectivity index (χ1v) is 7.15. The number of nitrogens with one attached hydrogen (secondary N) is 2. The Morgan fingerprint density at radius 1 is 1.29 bits per heavy atom. The number of alkyl halides is 3. The zero-order chi connectivity index (χ0) is 15.5. The van der Waals surface area contributed by atoms with E-state index >= 15 is 0 Å². The van der Waals surface area contributed by atoms with Crippen molar-refractivity contribution in [1.29, 1.82) is 0 Å². The van der Waals surface area contributed by atoms with E-state index < -0.39 is 17.8 Å². The normalized spacial score (nSPS) is 16.6. The van der Waals surface area contributed by atoms with Crippen LogP contribution in [0.1, 0.15) is 31.7 Å². The van der Waals surface area contributed by atoms with Gasteiger partial charge >= 0.3 is 6.18 Å². The molecule has 4 nitrogen and oxygen atoms in total. The summed E-state index contributed by atoms with van der Waals surface area (Å²) in [5, 5.41) is 15.4. The molecule has 1 unspecified atom stereocenters. The van der Waals surface area contributed by atoms with Gasteiger partial charge in [-0.15, -0.1) is 0 Å². The summed E-state index contributed by atoms with van der Waals surface area (Å²) in [5.41, 5.74) is -0.750. The van der Waals surface area contributed by atoms with Gasteiger partial charge in [-0.25, -0.2) is 4.98 Å². The summed E-state index contributed by atoms with van der Waals surface area (Å²) >= 11 is 0. The van der Waals surface area contributed by atoms with Crippen LogP contribution in [-0.4, -0.2) is 29.3 Å². The fourth-order valence-electron chi connectivity index (χ4n) is 1.99. The van der Waals surface area contributed by atoms with Crippen LogP contribution in [0.4, 0.5) is 24.8 Å². The highest BCUT2D eigenvalue weighted by Crippen LogP contribution is 2.34. The van der Waals surface area contributed by atoms with Crippen LogP contribution in [-0.2, 0) is 6.18 Å². The minimum absolute atomic E-state index is 0.128. The molecule has 1 aliphatic rings. The van der Waals surface area contributed by atoms with Crippen LogP contribution < -0.4 is 10.6 Å². The minimum atomic E-state index is -4.42. The second kappa shape index (κ2) is 6.51. The Morgan fingerprint density at radius 3 is 2.43 bits per heavy atom. The fraction of sp³-hybridized carbons (Fsp3) is 0.643. The molecule has 0 bridgehead atoms. The Hall–Kier alpha value is -1.50. The van der Waals surface area contributed by atoms with E-state index in [4.69, 9.17) is 0 Å². The summed E-state index contributed by atoms with van der Waals surface area (Å²) in [5.74, 6) is 0.583. The third-order valence-corrected chi connectivity index (χ3v) is 3.37. The van der Waals surface area contributed by atoms with Crippen LogP contribution in [0.15, 0.2) is 12.1 Å². The van der Waals surface area contributed by atoms with Gasteiger partial charge in [0.1, 0.15) is 11.6 Å². The number of pyridine rings is 1. The molecule has 0 aromatic carbocycles. The van der Waals surface area contributed by atoms with Gasteiger partial charge in [0.05, 0.1) is 11.7 Å². The van der Waals surface area contributed by atoms with Crippen molar-refractivity contribution in [3.63, 3.8) is 0 Å². The number of rotatable bonds is 7. The van der Waals surface area contributed by atoms with E-state index in [2.05, 4.69) is 15.6 Å². The van der Waals surface area contributed by atoms with Gasteiger partial charge in [-0.1, -0.05) is 6.92 Å². The van der Waals surface area contributed by atoms with Crippen LogP contribution in [0.2, 0.25) is 0 Å². The number of hydrogen-bond acceptors (Lipinski definition) is 4.